The summed E-state index contributed by atoms with van der Waals surface area (Å²) >= 11 is 5.80. The third kappa shape index (κ3) is 4.90. The van der Waals surface area contributed by atoms with Crippen molar-refractivity contribution in [3.63, 3.8) is 0 Å². The van der Waals surface area contributed by atoms with E-state index in [0.717, 1.165) is 11.1 Å². The van der Waals surface area contributed by atoms with Gasteiger partial charge in [0, 0.05) is 17.0 Å². The molecular formula is C19H15ClFNO3. The zero-order valence-corrected chi connectivity index (χ0v) is 14.0. The molecule has 1 aromatic heterocycles. The van der Waals surface area contributed by atoms with E-state index in [1.807, 2.05) is 0 Å². The summed E-state index contributed by atoms with van der Waals surface area (Å²) in [6, 6.07) is 13.0. The highest BCUT2D eigenvalue weighted by molar-refractivity contribution is 6.30. The lowest BCUT2D eigenvalue weighted by molar-refractivity contribution is -0.145. The van der Waals surface area contributed by atoms with Crippen molar-refractivity contribution in [2.75, 3.05) is 0 Å². The third-order valence-corrected chi connectivity index (χ3v) is 3.79. The van der Waals surface area contributed by atoms with Gasteiger partial charge >= 0.3 is 5.97 Å². The molecule has 0 saturated heterocycles. The Bertz CT molecular complexity index is 844. The van der Waals surface area contributed by atoms with E-state index in [-0.39, 0.29) is 24.8 Å². The lowest BCUT2D eigenvalue weighted by Crippen LogP contribution is -2.06. The molecular weight excluding hydrogens is 345 g/mol. The number of nitrogens with zero attached hydrogens (tertiary/aromatic N) is 1. The fraction of sp³-hybridized carbons (Fsp3) is 0.158. The molecule has 0 bridgehead atoms. The number of hydrogen-bond donors (Lipinski definition) is 0. The SMILES string of the molecule is O=C(CCc1ncc(-c2ccc(F)cc2)o1)OCc1ccc(Cl)cc1. The van der Waals surface area contributed by atoms with Crippen LogP contribution in [-0.4, -0.2) is 11.0 Å². The Balaban J connectivity index is 1.49. The van der Waals surface area contributed by atoms with Gasteiger partial charge in [-0.15, -0.1) is 0 Å². The predicted molar refractivity (Wildman–Crippen MR) is 91.5 cm³/mol. The largest absolute Gasteiger partial charge is 0.461 e. The van der Waals surface area contributed by atoms with Crippen LogP contribution >= 0.6 is 11.6 Å². The summed E-state index contributed by atoms with van der Waals surface area (Å²) in [5, 5.41) is 0.635. The second-order valence-electron chi connectivity index (χ2n) is 5.41. The van der Waals surface area contributed by atoms with Crippen LogP contribution in [0, 0.1) is 5.82 Å². The quantitative estimate of drug-likeness (QED) is 0.593. The van der Waals surface area contributed by atoms with E-state index < -0.39 is 0 Å². The van der Waals surface area contributed by atoms with E-state index in [9.17, 15) is 9.18 Å². The van der Waals surface area contributed by atoms with Crippen molar-refractivity contribution in [2.45, 2.75) is 19.4 Å². The zero-order valence-electron chi connectivity index (χ0n) is 13.2. The average Bonchev–Trinajstić information content (AvgIpc) is 3.09. The first-order valence-electron chi connectivity index (χ1n) is 7.71. The van der Waals surface area contributed by atoms with Gasteiger partial charge in [0.1, 0.15) is 12.4 Å². The van der Waals surface area contributed by atoms with Crippen LogP contribution in [0.25, 0.3) is 11.3 Å². The molecule has 128 valence electrons. The maximum absolute atomic E-state index is 12.9. The second-order valence-corrected chi connectivity index (χ2v) is 5.85. The monoisotopic (exact) mass is 359 g/mol. The van der Waals surface area contributed by atoms with Gasteiger partial charge in [0.2, 0.25) is 0 Å². The number of aromatic nitrogens is 1. The van der Waals surface area contributed by atoms with Crippen molar-refractivity contribution in [3.05, 3.63) is 77.0 Å². The predicted octanol–water partition coefficient (Wildman–Crippen LogP) is 4.81. The number of halogens is 2. The molecule has 0 saturated carbocycles. The first kappa shape index (κ1) is 17.2. The molecule has 6 heteroatoms. The summed E-state index contributed by atoms with van der Waals surface area (Å²) in [5.41, 5.74) is 1.60. The second kappa shape index (κ2) is 7.94. The van der Waals surface area contributed by atoms with Crippen molar-refractivity contribution in [1.82, 2.24) is 4.98 Å². The molecule has 0 aliphatic rings. The van der Waals surface area contributed by atoms with Gasteiger partial charge in [0.15, 0.2) is 11.7 Å². The number of benzene rings is 2. The van der Waals surface area contributed by atoms with Crippen LogP contribution in [0.15, 0.2) is 59.1 Å². The van der Waals surface area contributed by atoms with E-state index in [4.69, 9.17) is 20.8 Å². The van der Waals surface area contributed by atoms with Gasteiger partial charge in [-0.2, -0.15) is 0 Å². The van der Waals surface area contributed by atoms with Gasteiger partial charge < -0.3 is 9.15 Å². The van der Waals surface area contributed by atoms with Crippen molar-refractivity contribution < 1.29 is 18.3 Å². The smallest absolute Gasteiger partial charge is 0.306 e. The molecule has 0 fully saturated rings. The third-order valence-electron chi connectivity index (χ3n) is 3.54. The zero-order chi connectivity index (χ0) is 17.6. The molecule has 0 spiro atoms. The van der Waals surface area contributed by atoms with E-state index in [1.165, 1.54) is 12.1 Å². The molecule has 0 amide bonds. The van der Waals surface area contributed by atoms with Gasteiger partial charge in [-0.1, -0.05) is 23.7 Å². The van der Waals surface area contributed by atoms with Gasteiger partial charge in [0.05, 0.1) is 12.6 Å². The fourth-order valence-corrected chi connectivity index (χ4v) is 2.33. The molecule has 0 aliphatic carbocycles. The highest BCUT2D eigenvalue weighted by Crippen LogP contribution is 2.21. The molecule has 0 N–H and O–H groups in total. The minimum atomic E-state index is -0.337. The molecule has 0 radical (unpaired) electrons. The molecule has 25 heavy (non-hydrogen) atoms. The number of ether oxygens (including phenoxy) is 1. The number of aryl methyl sites for hydroxylation is 1. The van der Waals surface area contributed by atoms with E-state index in [0.29, 0.717) is 23.1 Å². The van der Waals surface area contributed by atoms with Gasteiger partial charge in [-0.05, 0) is 42.0 Å². The normalized spacial score (nSPS) is 10.6. The molecule has 0 atom stereocenters. The number of carbonyl (C=O) groups excluding carboxylic acids is 1. The Morgan fingerprint density at radius 3 is 2.56 bits per heavy atom. The van der Waals surface area contributed by atoms with Crippen LogP contribution in [0.5, 0.6) is 0 Å². The Morgan fingerprint density at radius 1 is 1.12 bits per heavy atom. The number of carbonyl (C=O) groups is 1. The summed E-state index contributed by atoms with van der Waals surface area (Å²) in [6.07, 6.45) is 2.05. The number of oxazole rings is 1. The summed E-state index contributed by atoms with van der Waals surface area (Å²) in [6.45, 7) is 0.197. The Kier molecular flexibility index (Phi) is 5.46. The van der Waals surface area contributed by atoms with Gasteiger partial charge in [-0.25, -0.2) is 9.37 Å². The molecule has 2 aromatic carbocycles. The van der Waals surface area contributed by atoms with Crippen LogP contribution in [0.1, 0.15) is 17.9 Å². The Hall–Kier alpha value is -2.66. The standard InChI is InChI=1S/C19H15ClFNO3/c20-15-5-1-13(2-6-15)12-24-19(23)10-9-18-22-11-17(25-18)14-3-7-16(21)8-4-14/h1-8,11H,9-10,12H2. The van der Waals surface area contributed by atoms with Crippen LogP contribution in [-0.2, 0) is 22.6 Å². The highest BCUT2D eigenvalue weighted by atomic mass is 35.5. The summed E-state index contributed by atoms with van der Waals surface area (Å²) in [7, 11) is 0. The number of esters is 1. The van der Waals surface area contributed by atoms with E-state index >= 15 is 0 Å². The van der Waals surface area contributed by atoms with Crippen molar-refractivity contribution in [1.29, 1.82) is 0 Å². The Morgan fingerprint density at radius 2 is 1.84 bits per heavy atom. The van der Waals surface area contributed by atoms with Crippen LogP contribution < -0.4 is 0 Å². The van der Waals surface area contributed by atoms with Crippen LogP contribution in [0.4, 0.5) is 4.39 Å². The summed E-state index contributed by atoms with van der Waals surface area (Å²) in [5.74, 6) is 0.315. The highest BCUT2D eigenvalue weighted by Gasteiger charge is 2.10. The minimum absolute atomic E-state index is 0.164. The van der Waals surface area contributed by atoms with Crippen LogP contribution in [0.2, 0.25) is 5.02 Å². The van der Waals surface area contributed by atoms with Crippen molar-refractivity contribution >= 4 is 17.6 Å². The molecule has 1 heterocycles. The fourth-order valence-electron chi connectivity index (χ4n) is 2.20. The summed E-state index contributed by atoms with van der Waals surface area (Å²) in [4.78, 5) is 15.9. The van der Waals surface area contributed by atoms with E-state index in [1.54, 1.807) is 42.6 Å². The lowest BCUT2D eigenvalue weighted by Gasteiger charge is -2.04. The van der Waals surface area contributed by atoms with Gasteiger partial charge in [-0.3, -0.25) is 4.79 Å². The molecule has 3 aromatic rings. The van der Waals surface area contributed by atoms with Crippen LogP contribution in [0.3, 0.4) is 0 Å². The maximum Gasteiger partial charge on any atom is 0.306 e. The number of hydrogen-bond acceptors (Lipinski definition) is 4. The molecule has 3 rings (SSSR count). The average molecular weight is 360 g/mol. The Labute approximate surface area is 149 Å². The topological polar surface area (TPSA) is 52.3 Å². The van der Waals surface area contributed by atoms with Crippen molar-refractivity contribution in [3.8, 4) is 11.3 Å². The first-order valence-corrected chi connectivity index (χ1v) is 8.08. The number of rotatable bonds is 6. The maximum atomic E-state index is 12.9. The molecule has 0 unspecified atom stereocenters. The summed E-state index contributed by atoms with van der Waals surface area (Å²) < 4.78 is 23.7. The minimum Gasteiger partial charge on any atom is -0.461 e. The van der Waals surface area contributed by atoms with E-state index in [2.05, 4.69) is 4.98 Å². The van der Waals surface area contributed by atoms with Gasteiger partial charge in [0.25, 0.3) is 0 Å². The molecule has 0 aliphatic heterocycles. The molecule has 4 nitrogen and oxygen atoms in total. The van der Waals surface area contributed by atoms with Crippen molar-refractivity contribution in [2.24, 2.45) is 0 Å². The first-order chi connectivity index (χ1) is 12.1. The lowest BCUT2D eigenvalue weighted by atomic mass is 10.2.